The van der Waals surface area contributed by atoms with Gasteiger partial charge in [0.05, 0.1) is 10.6 Å². The van der Waals surface area contributed by atoms with E-state index < -0.39 is 6.10 Å². The SMILES string of the molecule is OC(c1cccc(Br)c1F)C1CCc2ccccc21. The van der Waals surface area contributed by atoms with Crippen LogP contribution in [-0.4, -0.2) is 5.11 Å². The lowest BCUT2D eigenvalue weighted by molar-refractivity contribution is 0.140. The molecule has 2 aromatic rings. The molecule has 3 heteroatoms. The fourth-order valence-corrected chi connectivity index (χ4v) is 3.27. The number of hydrogen-bond donors (Lipinski definition) is 1. The number of aryl methyl sites for hydroxylation is 1. The second-order valence-corrected chi connectivity index (χ2v) is 5.79. The molecule has 1 aliphatic rings. The van der Waals surface area contributed by atoms with E-state index in [1.807, 2.05) is 18.2 Å². The fraction of sp³-hybridized carbons (Fsp3) is 0.250. The third-order valence-corrected chi connectivity index (χ3v) is 4.47. The Kier molecular flexibility index (Phi) is 3.42. The van der Waals surface area contributed by atoms with Crippen molar-refractivity contribution in [2.75, 3.05) is 0 Å². The molecule has 2 unspecified atom stereocenters. The molecule has 0 heterocycles. The molecule has 1 N–H and O–H groups in total. The monoisotopic (exact) mass is 320 g/mol. The molecule has 0 saturated heterocycles. The summed E-state index contributed by atoms with van der Waals surface area (Å²) in [5.41, 5.74) is 2.78. The Morgan fingerprint density at radius 3 is 2.79 bits per heavy atom. The first-order valence-electron chi connectivity index (χ1n) is 6.38. The Bertz CT molecular complexity index is 611. The Morgan fingerprint density at radius 2 is 1.95 bits per heavy atom. The number of benzene rings is 2. The maximum absolute atomic E-state index is 14.1. The summed E-state index contributed by atoms with van der Waals surface area (Å²) in [6.07, 6.45) is 1.03. The molecule has 1 nitrogen and oxygen atoms in total. The smallest absolute Gasteiger partial charge is 0.143 e. The van der Waals surface area contributed by atoms with E-state index in [2.05, 4.69) is 22.0 Å². The van der Waals surface area contributed by atoms with Gasteiger partial charge < -0.3 is 5.11 Å². The molecule has 0 radical (unpaired) electrons. The highest BCUT2D eigenvalue weighted by molar-refractivity contribution is 9.10. The van der Waals surface area contributed by atoms with Crippen LogP contribution in [0.15, 0.2) is 46.9 Å². The van der Waals surface area contributed by atoms with Gasteiger partial charge in [0, 0.05) is 11.5 Å². The van der Waals surface area contributed by atoms with Crippen molar-refractivity contribution in [3.8, 4) is 0 Å². The van der Waals surface area contributed by atoms with Crippen LogP contribution >= 0.6 is 15.9 Å². The number of rotatable bonds is 2. The first-order valence-corrected chi connectivity index (χ1v) is 7.17. The molecule has 19 heavy (non-hydrogen) atoms. The molecule has 0 bridgehead atoms. The average Bonchev–Trinajstić information content (AvgIpc) is 2.85. The van der Waals surface area contributed by atoms with Crippen LogP contribution in [0.2, 0.25) is 0 Å². The standard InChI is InChI=1S/C16H14BrFO/c17-14-7-3-6-13(15(14)18)16(19)12-9-8-10-4-1-2-5-11(10)12/h1-7,12,16,19H,8-9H2. The van der Waals surface area contributed by atoms with Crippen LogP contribution < -0.4 is 0 Å². The summed E-state index contributed by atoms with van der Waals surface area (Å²) in [6.45, 7) is 0. The van der Waals surface area contributed by atoms with Crippen molar-refractivity contribution in [3.05, 3.63) is 69.4 Å². The second kappa shape index (κ2) is 5.06. The molecule has 0 saturated carbocycles. The molecule has 1 aliphatic carbocycles. The Balaban J connectivity index is 1.98. The van der Waals surface area contributed by atoms with Gasteiger partial charge in [-0.25, -0.2) is 4.39 Å². The largest absolute Gasteiger partial charge is 0.388 e. The topological polar surface area (TPSA) is 20.2 Å². The molecule has 2 aromatic carbocycles. The Morgan fingerprint density at radius 1 is 1.16 bits per heavy atom. The lowest BCUT2D eigenvalue weighted by Gasteiger charge is -2.20. The van der Waals surface area contributed by atoms with E-state index in [4.69, 9.17) is 0 Å². The van der Waals surface area contributed by atoms with Crippen molar-refractivity contribution in [2.45, 2.75) is 24.9 Å². The summed E-state index contributed by atoms with van der Waals surface area (Å²) in [4.78, 5) is 0. The molecule has 0 aromatic heterocycles. The van der Waals surface area contributed by atoms with Gasteiger partial charge in [-0.1, -0.05) is 36.4 Å². The molecular weight excluding hydrogens is 307 g/mol. The van der Waals surface area contributed by atoms with Gasteiger partial charge in [-0.2, -0.15) is 0 Å². The van der Waals surface area contributed by atoms with Crippen LogP contribution in [0.1, 0.15) is 35.1 Å². The first kappa shape index (κ1) is 12.8. The third kappa shape index (κ3) is 2.21. The molecule has 0 spiro atoms. The number of fused-ring (bicyclic) bond motifs is 1. The average molecular weight is 321 g/mol. The molecule has 3 rings (SSSR count). The van der Waals surface area contributed by atoms with E-state index in [1.165, 1.54) is 5.56 Å². The Labute approximate surface area is 120 Å². The first-order chi connectivity index (χ1) is 9.18. The molecule has 0 fully saturated rings. The third-order valence-electron chi connectivity index (χ3n) is 3.86. The van der Waals surface area contributed by atoms with Crippen molar-refractivity contribution in [1.29, 1.82) is 0 Å². The summed E-state index contributed by atoms with van der Waals surface area (Å²) in [5.74, 6) is -0.376. The summed E-state index contributed by atoms with van der Waals surface area (Å²) in [6, 6.07) is 13.2. The van der Waals surface area contributed by atoms with E-state index >= 15 is 0 Å². The van der Waals surface area contributed by atoms with Crippen molar-refractivity contribution in [2.24, 2.45) is 0 Å². The van der Waals surface area contributed by atoms with Gasteiger partial charge in [-0.15, -0.1) is 0 Å². The van der Waals surface area contributed by atoms with Crippen LogP contribution in [0.5, 0.6) is 0 Å². The van der Waals surface area contributed by atoms with Crippen LogP contribution in [0.4, 0.5) is 4.39 Å². The van der Waals surface area contributed by atoms with Crippen LogP contribution in [-0.2, 0) is 6.42 Å². The molecule has 0 amide bonds. The molecule has 98 valence electrons. The zero-order valence-corrected chi connectivity index (χ0v) is 11.9. The summed E-state index contributed by atoms with van der Waals surface area (Å²) >= 11 is 3.17. The molecular formula is C16H14BrFO. The van der Waals surface area contributed by atoms with Crippen molar-refractivity contribution >= 4 is 15.9 Å². The summed E-state index contributed by atoms with van der Waals surface area (Å²) < 4.78 is 14.5. The maximum Gasteiger partial charge on any atom is 0.143 e. The minimum atomic E-state index is -0.791. The predicted octanol–water partition coefficient (Wildman–Crippen LogP) is 4.35. The highest BCUT2D eigenvalue weighted by Crippen LogP contribution is 2.42. The van der Waals surface area contributed by atoms with Gasteiger partial charge in [-0.05, 0) is 46.0 Å². The highest BCUT2D eigenvalue weighted by atomic mass is 79.9. The minimum absolute atomic E-state index is 0.0139. The van der Waals surface area contributed by atoms with Crippen molar-refractivity contribution in [1.82, 2.24) is 0 Å². The van der Waals surface area contributed by atoms with Gasteiger partial charge in [-0.3, -0.25) is 0 Å². The molecule has 2 atom stereocenters. The van der Waals surface area contributed by atoms with Crippen LogP contribution in [0, 0.1) is 5.82 Å². The summed E-state index contributed by atoms with van der Waals surface area (Å²) in [5, 5.41) is 10.5. The van der Waals surface area contributed by atoms with Crippen LogP contribution in [0.3, 0.4) is 0 Å². The zero-order chi connectivity index (χ0) is 13.4. The highest BCUT2D eigenvalue weighted by Gasteiger charge is 2.30. The summed E-state index contributed by atoms with van der Waals surface area (Å²) in [7, 11) is 0. The quantitative estimate of drug-likeness (QED) is 0.872. The van der Waals surface area contributed by atoms with E-state index in [-0.39, 0.29) is 11.7 Å². The minimum Gasteiger partial charge on any atom is -0.388 e. The zero-order valence-electron chi connectivity index (χ0n) is 10.3. The van der Waals surface area contributed by atoms with E-state index in [9.17, 15) is 9.50 Å². The normalized spacial score (nSPS) is 19.2. The van der Waals surface area contributed by atoms with Gasteiger partial charge in [0.25, 0.3) is 0 Å². The Hall–Kier alpha value is -1.19. The number of halogens is 2. The number of aliphatic hydroxyl groups is 1. The van der Waals surface area contributed by atoms with E-state index in [0.717, 1.165) is 18.4 Å². The van der Waals surface area contributed by atoms with Crippen LogP contribution in [0.25, 0.3) is 0 Å². The van der Waals surface area contributed by atoms with Crippen molar-refractivity contribution in [3.63, 3.8) is 0 Å². The lowest BCUT2D eigenvalue weighted by Crippen LogP contribution is -2.10. The number of hydrogen-bond acceptors (Lipinski definition) is 1. The van der Waals surface area contributed by atoms with Gasteiger partial charge in [0.2, 0.25) is 0 Å². The van der Waals surface area contributed by atoms with E-state index in [1.54, 1.807) is 18.2 Å². The van der Waals surface area contributed by atoms with E-state index in [0.29, 0.717) is 10.0 Å². The second-order valence-electron chi connectivity index (χ2n) is 4.93. The lowest BCUT2D eigenvalue weighted by atomic mass is 9.90. The predicted molar refractivity (Wildman–Crippen MR) is 76.6 cm³/mol. The molecule has 0 aliphatic heterocycles. The maximum atomic E-state index is 14.1. The van der Waals surface area contributed by atoms with Gasteiger partial charge in [0.15, 0.2) is 0 Å². The van der Waals surface area contributed by atoms with Crippen molar-refractivity contribution < 1.29 is 9.50 Å². The number of aliphatic hydroxyl groups excluding tert-OH is 1. The fourth-order valence-electron chi connectivity index (χ4n) is 2.88. The van der Waals surface area contributed by atoms with Gasteiger partial charge >= 0.3 is 0 Å². The van der Waals surface area contributed by atoms with Gasteiger partial charge in [0.1, 0.15) is 5.82 Å².